The minimum Gasteiger partial charge on any atom is -0.386 e. The average Bonchev–Trinajstić information content (AvgIpc) is 2.54. The Balaban J connectivity index is 2.01. The number of hydrogen-bond donors (Lipinski definition) is 1. The van der Waals surface area contributed by atoms with Gasteiger partial charge in [0.05, 0.1) is 18.6 Å². The molecule has 0 aromatic heterocycles. The number of carbonyl (C=O) groups excluding carboxylic acids is 1. The molecule has 0 spiro atoms. The molecule has 108 valence electrons. The van der Waals surface area contributed by atoms with Crippen LogP contribution in [0.25, 0.3) is 0 Å². The zero-order valence-electron chi connectivity index (χ0n) is 12.3. The van der Waals surface area contributed by atoms with Gasteiger partial charge in [0.2, 0.25) is 5.91 Å². The minimum atomic E-state index is -0.698. The van der Waals surface area contributed by atoms with Crippen molar-refractivity contribution in [2.24, 2.45) is 0 Å². The Morgan fingerprint density at radius 1 is 1.24 bits per heavy atom. The number of nitrogens with zero attached hydrogens (tertiary/aromatic N) is 1. The van der Waals surface area contributed by atoms with Crippen LogP contribution in [-0.4, -0.2) is 29.0 Å². The summed E-state index contributed by atoms with van der Waals surface area (Å²) in [7, 11) is 1.72. The lowest BCUT2D eigenvalue weighted by Crippen LogP contribution is -2.39. The van der Waals surface area contributed by atoms with Crippen molar-refractivity contribution in [2.75, 3.05) is 7.05 Å². The van der Waals surface area contributed by atoms with Crippen molar-refractivity contribution in [3.63, 3.8) is 0 Å². The third kappa shape index (κ3) is 3.84. The largest absolute Gasteiger partial charge is 0.386 e. The molecule has 0 aliphatic heterocycles. The van der Waals surface area contributed by atoms with Crippen LogP contribution in [0, 0.1) is 12.1 Å². The zero-order chi connectivity index (χ0) is 15.2. The van der Waals surface area contributed by atoms with Gasteiger partial charge in [0, 0.05) is 7.05 Å². The fraction of sp³-hybridized carbons (Fsp3) is 0.278. The summed E-state index contributed by atoms with van der Waals surface area (Å²) >= 11 is 0. The molecule has 3 heteroatoms. The van der Waals surface area contributed by atoms with Gasteiger partial charge in [-0.25, -0.2) is 0 Å². The highest BCUT2D eigenvalue weighted by Crippen LogP contribution is 2.20. The number of aliphatic hydroxyl groups is 1. The first-order chi connectivity index (χ1) is 10.1. The van der Waals surface area contributed by atoms with Crippen LogP contribution in [0.3, 0.4) is 0 Å². The molecule has 0 saturated heterocycles. The highest BCUT2D eigenvalue weighted by Gasteiger charge is 2.23. The van der Waals surface area contributed by atoms with E-state index in [0.29, 0.717) is 6.42 Å². The molecule has 2 atom stereocenters. The average molecular weight is 281 g/mol. The molecule has 0 heterocycles. The summed E-state index contributed by atoms with van der Waals surface area (Å²) in [5.74, 6) is -0.0305. The molecule has 0 aliphatic carbocycles. The summed E-state index contributed by atoms with van der Waals surface area (Å²) in [5, 5.41) is 10.4. The molecular weight excluding hydrogens is 262 g/mol. The second-order valence-corrected chi connectivity index (χ2v) is 5.12. The number of amides is 1. The van der Waals surface area contributed by atoms with Gasteiger partial charge in [-0.2, -0.15) is 0 Å². The van der Waals surface area contributed by atoms with Crippen LogP contribution in [0.1, 0.15) is 24.2 Å². The molecule has 0 aliphatic rings. The van der Waals surface area contributed by atoms with Crippen molar-refractivity contribution in [2.45, 2.75) is 25.5 Å². The Morgan fingerprint density at radius 3 is 2.57 bits per heavy atom. The van der Waals surface area contributed by atoms with Crippen molar-refractivity contribution in [3.8, 4) is 0 Å². The molecule has 0 saturated carbocycles. The number of hydrogen-bond acceptors (Lipinski definition) is 2. The van der Waals surface area contributed by atoms with Gasteiger partial charge >= 0.3 is 0 Å². The van der Waals surface area contributed by atoms with Crippen molar-refractivity contribution < 1.29 is 9.90 Å². The number of carbonyl (C=O) groups is 1. The Hall–Kier alpha value is -2.31. The van der Waals surface area contributed by atoms with Gasteiger partial charge in [-0.15, -0.1) is 0 Å². The van der Waals surface area contributed by atoms with E-state index in [-0.39, 0.29) is 11.9 Å². The summed E-state index contributed by atoms with van der Waals surface area (Å²) in [6.45, 7) is 1.85. The Labute approximate surface area is 125 Å². The number of likely N-dealkylation sites (N-methyl/N-ethyl adjacent to an activating group) is 1. The van der Waals surface area contributed by atoms with Gasteiger partial charge in [0.15, 0.2) is 0 Å². The lowest BCUT2D eigenvalue weighted by atomic mass is 10.0. The maximum Gasteiger partial charge on any atom is 0.227 e. The fourth-order valence-corrected chi connectivity index (χ4v) is 2.16. The van der Waals surface area contributed by atoms with Crippen LogP contribution < -0.4 is 0 Å². The maximum atomic E-state index is 12.3. The molecule has 2 aromatic rings. The summed E-state index contributed by atoms with van der Waals surface area (Å²) < 4.78 is 0. The summed E-state index contributed by atoms with van der Waals surface area (Å²) in [4.78, 5) is 13.9. The van der Waals surface area contributed by atoms with Crippen LogP contribution >= 0.6 is 0 Å². The molecule has 3 nitrogen and oxygen atoms in total. The van der Waals surface area contributed by atoms with E-state index < -0.39 is 6.10 Å². The smallest absolute Gasteiger partial charge is 0.227 e. The normalized spacial score (nSPS) is 13.1. The van der Waals surface area contributed by atoms with E-state index in [1.165, 1.54) is 0 Å². The summed E-state index contributed by atoms with van der Waals surface area (Å²) in [6.07, 6.45) is -0.399. The van der Waals surface area contributed by atoms with Crippen LogP contribution in [0.15, 0.2) is 48.5 Å². The fourth-order valence-electron chi connectivity index (χ4n) is 2.16. The minimum absolute atomic E-state index is 0.0305. The Kier molecular flexibility index (Phi) is 4.97. The molecule has 1 unspecified atom stereocenters. The van der Waals surface area contributed by atoms with Crippen LogP contribution in [0.4, 0.5) is 0 Å². The number of rotatable bonds is 5. The van der Waals surface area contributed by atoms with E-state index in [2.05, 4.69) is 12.1 Å². The summed E-state index contributed by atoms with van der Waals surface area (Å²) in [5.41, 5.74) is 1.71. The lowest BCUT2D eigenvalue weighted by molar-refractivity contribution is -0.133. The van der Waals surface area contributed by atoms with Crippen LogP contribution in [0.5, 0.6) is 0 Å². The van der Waals surface area contributed by atoms with Crippen molar-refractivity contribution in [1.82, 2.24) is 4.90 Å². The van der Waals surface area contributed by atoms with E-state index >= 15 is 0 Å². The first-order valence-electron chi connectivity index (χ1n) is 6.95. The quantitative estimate of drug-likeness (QED) is 0.914. The van der Waals surface area contributed by atoms with E-state index in [9.17, 15) is 9.90 Å². The van der Waals surface area contributed by atoms with Crippen molar-refractivity contribution in [3.05, 3.63) is 71.8 Å². The van der Waals surface area contributed by atoms with E-state index in [4.69, 9.17) is 0 Å². The second kappa shape index (κ2) is 6.92. The SMILES string of the molecule is CC([C@@H](O)c1ccccc1)N(C)C(=O)Cc1cc#ccc1. The lowest BCUT2D eigenvalue weighted by Gasteiger charge is -2.29. The van der Waals surface area contributed by atoms with E-state index in [1.807, 2.05) is 43.3 Å². The molecule has 0 radical (unpaired) electrons. The Morgan fingerprint density at radius 2 is 1.95 bits per heavy atom. The number of benzene rings is 1. The molecule has 1 N–H and O–H groups in total. The first-order valence-corrected chi connectivity index (χ1v) is 6.95. The summed E-state index contributed by atoms with van der Waals surface area (Å²) in [6, 6.07) is 20.1. The molecule has 1 amide bonds. The molecule has 0 bridgehead atoms. The van der Waals surface area contributed by atoms with Gasteiger partial charge in [-0.05, 0) is 36.2 Å². The van der Waals surface area contributed by atoms with Crippen molar-refractivity contribution >= 4 is 5.91 Å². The van der Waals surface area contributed by atoms with Gasteiger partial charge in [-0.3, -0.25) is 4.79 Å². The van der Waals surface area contributed by atoms with Crippen LogP contribution in [0.2, 0.25) is 0 Å². The maximum absolute atomic E-state index is 12.3. The molecule has 2 rings (SSSR count). The highest BCUT2D eigenvalue weighted by molar-refractivity contribution is 5.78. The van der Waals surface area contributed by atoms with Gasteiger partial charge in [0.1, 0.15) is 0 Å². The monoisotopic (exact) mass is 281 g/mol. The second-order valence-electron chi connectivity index (χ2n) is 5.12. The highest BCUT2D eigenvalue weighted by atomic mass is 16.3. The third-order valence-corrected chi connectivity index (χ3v) is 3.68. The molecule has 2 aromatic carbocycles. The predicted octanol–water partition coefficient (Wildman–Crippen LogP) is 2.41. The van der Waals surface area contributed by atoms with Crippen molar-refractivity contribution in [1.29, 1.82) is 0 Å². The Bertz CT molecular complexity index is 568. The molecular formula is C18H19NO2. The number of aliphatic hydroxyl groups excluding tert-OH is 1. The van der Waals surface area contributed by atoms with Gasteiger partial charge in [-0.1, -0.05) is 42.5 Å². The van der Waals surface area contributed by atoms with E-state index in [0.717, 1.165) is 11.1 Å². The molecule has 0 fully saturated rings. The predicted molar refractivity (Wildman–Crippen MR) is 81.5 cm³/mol. The van der Waals surface area contributed by atoms with Gasteiger partial charge < -0.3 is 10.0 Å². The standard InChI is InChI=1S/C18H19NO2/c1-14(18(21)16-11-7-4-8-12-16)19(2)17(20)13-15-9-5-3-6-10-15/h4-5,7-12,14,18,21H,13H2,1-2H3/t14?,18-/m1/s1. The topological polar surface area (TPSA) is 40.5 Å². The zero-order valence-corrected chi connectivity index (χ0v) is 12.3. The molecule has 21 heavy (non-hydrogen) atoms. The van der Waals surface area contributed by atoms with Crippen LogP contribution in [-0.2, 0) is 11.2 Å². The third-order valence-electron chi connectivity index (χ3n) is 3.68. The van der Waals surface area contributed by atoms with E-state index in [1.54, 1.807) is 24.1 Å². The first kappa shape index (κ1) is 15.1. The van der Waals surface area contributed by atoms with Gasteiger partial charge in [0.25, 0.3) is 0 Å².